The van der Waals surface area contributed by atoms with Gasteiger partial charge in [-0.25, -0.2) is 9.59 Å². The summed E-state index contributed by atoms with van der Waals surface area (Å²) in [5.41, 5.74) is 1.28. The number of fused-ring (bicyclic) bond motifs is 1. The zero-order valence-electron chi connectivity index (χ0n) is 19.4. The van der Waals surface area contributed by atoms with Crippen molar-refractivity contribution in [2.75, 3.05) is 26.8 Å². The SMILES string of the molecule is COC(=O)c1c(CNC(=O)COC2CCCN(C(=O)OC(C)(C)C)C2)nn2c1CCCC2. The molecule has 1 aromatic rings. The first-order valence-electron chi connectivity index (χ1n) is 11.2. The van der Waals surface area contributed by atoms with Crippen LogP contribution in [0.3, 0.4) is 0 Å². The molecule has 32 heavy (non-hydrogen) atoms. The third kappa shape index (κ3) is 6.21. The highest BCUT2D eigenvalue weighted by molar-refractivity contribution is 5.92. The molecule has 1 N–H and O–H groups in total. The third-order valence-corrected chi connectivity index (χ3v) is 5.49. The first kappa shape index (κ1) is 24.0. The summed E-state index contributed by atoms with van der Waals surface area (Å²) < 4.78 is 17.9. The van der Waals surface area contributed by atoms with Crippen LogP contribution in [0.4, 0.5) is 4.79 Å². The lowest BCUT2D eigenvalue weighted by Crippen LogP contribution is -2.46. The molecule has 3 heterocycles. The summed E-state index contributed by atoms with van der Waals surface area (Å²) in [5.74, 6) is -0.737. The van der Waals surface area contributed by atoms with E-state index in [-0.39, 0.29) is 31.3 Å². The standard InChI is InChI=1S/C22H34N4O6/c1-22(2,3)32-21(29)25-10-7-8-15(13-25)31-14-18(27)23-12-16-19(20(28)30-4)17-9-5-6-11-26(17)24-16/h15H,5-14H2,1-4H3,(H,23,27). The molecule has 2 aliphatic rings. The van der Waals surface area contributed by atoms with Gasteiger partial charge in [0.15, 0.2) is 0 Å². The lowest BCUT2D eigenvalue weighted by Gasteiger charge is -2.33. The van der Waals surface area contributed by atoms with Gasteiger partial charge in [0.1, 0.15) is 17.8 Å². The number of hydrogen-bond donors (Lipinski definition) is 1. The van der Waals surface area contributed by atoms with Gasteiger partial charge in [-0.05, 0) is 52.9 Å². The molecule has 1 aromatic heterocycles. The number of likely N-dealkylation sites (tertiary alicyclic amines) is 1. The fraction of sp³-hybridized carbons (Fsp3) is 0.727. The van der Waals surface area contributed by atoms with Crippen LogP contribution in [0.25, 0.3) is 0 Å². The fourth-order valence-electron chi connectivity index (χ4n) is 4.00. The number of ether oxygens (including phenoxy) is 3. The summed E-state index contributed by atoms with van der Waals surface area (Å²) in [6.07, 6.45) is 3.74. The summed E-state index contributed by atoms with van der Waals surface area (Å²) in [4.78, 5) is 38.5. The number of amides is 2. The number of methoxy groups -OCH3 is 1. The highest BCUT2D eigenvalue weighted by atomic mass is 16.6. The van der Waals surface area contributed by atoms with Gasteiger partial charge in [-0.1, -0.05) is 0 Å². The summed E-state index contributed by atoms with van der Waals surface area (Å²) in [5, 5.41) is 7.28. The molecule has 1 saturated heterocycles. The van der Waals surface area contributed by atoms with E-state index in [2.05, 4.69) is 10.4 Å². The van der Waals surface area contributed by atoms with Crippen LogP contribution in [0.2, 0.25) is 0 Å². The Morgan fingerprint density at radius 3 is 2.66 bits per heavy atom. The molecule has 1 atom stereocenters. The predicted octanol–water partition coefficient (Wildman–Crippen LogP) is 2.04. The number of carbonyl (C=O) groups is 3. The second kappa shape index (κ2) is 10.3. The van der Waals surface area contributed by atoms with Crippen LogP contribution >= 0.6 is 0 Å². The number of nitrogens with zero attached hydrogens (tertiary/aromatic N) is 3. The van der Waals surface area contributed by atoms with Crippen molar-refractivity contribution in [1.82, 2.24) is 20.0 Å². The van der Waals surface area contributed by atoms with Crippen LogP contribution in [-0.2, 0) is 38.5 Å². The summed E-state index contributed by atoms with van der Waals surface area (Å²) >= 11 is 0. The quantitative estimate of drug-likeness (QED) is 0.660. The van der Waals surface area contributed by atoms with Gasteiger partial charge >= 0.3 is 12.1 Å². The van der Waals surface area contributed by atoms with E-state index < -0.39 is 11.6 Å². The molecule has 0 aromatic carbocycles. The Kier molecular flexibility index (Phi) is 7.76. The number of nitrogens with one attached hydrogen (secondary N) is 1. The molecule has 10 nitrogen and oxygen atoms in total. The summed E-state index contributed by atoms with van der Waals surface area (Å²) in [6.45, 7) is 7.24. The Labute approximate surface area is 188 Å². The van der Waals surface area contributed by atoms with Crippen LogP contribution in [0.5, 0.6) is 0 Å². The Balaban J connectivity index is 1.50. The van der Waals surface area contributed by atoms with E-state index in [1.54, 1.807) is 4.90 Å². The number of rotatable bonds is 6. The largest absolute Gasteiger partial charge is 0.465 e. The Morgan fingerprint density at radius 1 is 1.16 bits per heavy atom. The summed E-state index contributed by atoms with van der Waals surface area (Å²) in [6, 6.07) is 0. The molecule has 0 radical (unpaired) electrons. The fourth-order valence-corrected chi connectivity index (χ4v) is 4.00. The highest BCUT2D eigenvalue weighted by Crippen LogP contribution is 2.23. The van der Waals surface area contributed by atoms with E-state index >= 15 is 0 Å². The lowest BCUT2D eigenvalue weighted by atomic mass is 10.0. The molecular formula is C22H34N4O6. The molecule has 0 saturated carbocycles. The van der Waals surface area contributed by atoms with Crippen molar-refractivity contribution >= 4 is 18.0 Å². The molecule has 0 spiro atoms. The van der Waals surface area contributed by atoms with E-state index in [1.165, 1.54) is 7.11 Å². The smallest absolute Gasteiger partial charge is 0.410 e. The minimum atomic E-state index is -0.555. The van der Waals surface area contributed by atoms with E-state index in [0.717, 1.165) is 44.3 Å². The third-order valence-electron chi connectivity index (χ3n) is 5.49. The normalized spacial score (nSPS) is 18.6. The summed E-state index contributed by atoms with van der Waals surface area (Å²) in [7, 11) is 1.34. The van der Waals surface area contributed by atoms with Crippen LogP contribution in [-0.4, -0.2) is 71.2 Å². The zero-order chi connectivity index (χ0) is 23.3. The molecule has 0 bridgehead atoms. The van der Waals surface area contributed by atoms with Crippen LogP contribution in [0.1, 0.15) is 68.2 Å². The number of piperidine rings is 1. The molecule has 1 fully saturated rings. The van der Waals surface area contributed by atoms with Gasteiger partial charge in [0.05, 0.1) is 37.7 Å². The van der Waals surface area contributed by atoms with Crippen molar-refractivity contribution in [1.29, 1.82) is 0 Å². The Hall–Kier alpha value is -2.62. The molecule has 178 valence electrons. The molecule has 3 rings (SSSR count). The first-order valence-corrected chi connectivity index (χ1v) is 11.2. The van der Waals surface area contributed by atoms with Crippen molar-refractivity contribution in [3.63, 3.8) is 0 Å². The topological polar surface area (TPSA) is 112 Å². The van der Waals surface area contributed by atoms with Gasteiger partial charge in [0, 0.05) is 13.1 Å². The van der Waals surface area contributed by atoms with E-state index in [4.69, 9.17) is 14.2 Å². The number of aryl methyl sites for hydroxylation is 1. The van der Waals surface area contributed by atoms with Gasteiger partial charge in [-0.2, -0.15) is 5.10 Å². The van der Waals surface area contributed by atoms with Crippen molar-refractivity contribution < 1.29 is 28.6 Å². The van der Waals surface area contributed by atoms with Crippen LogP contribution in [0.15, 0.2) is 0 Å². The molecule has 10 heteroatoms. The van der Waals surface area contributed by atoms with Gasteiger partial charge in [-0.15, -0.1) is 0 Å². The van der Waals surface area contributed by atoms with Gasteiger partial charge in [-0.3, -0.25) is 9.48 Å². The van der Waals surface area contributed by atoms with E-state index in [1.807, 2.05) is 25.5 Å². The average molecular weight is 451 g/mol. The van der Waals surface area contributed by atoms with Crippen LogP contribution < -0.4 is 5.32 Å². The maximum atomic E-state index is 12.4. The van der Waals surface area contributed by atoms with Gasteiger partial charge in [0.25, 0.3) is 0 Å². The number of hydrogen-bond acceptors (Lipinski definition) is 7. The first-order chi connectivity index (χ1) is 15.2. The van der Waals surface area contributed by atoms with Gasteiger partial charge < -0.3 is 24.4 Å². The maximum Gasteiger partial charge on any atom is 0.410 e. The van der Waals surface area contributed by atoms with E-state index in [9.17, 15) is 14.4 Å². The van der Waals surface area contributed by atoms with Crippen molar-refractivity contribution in [2.45, 2.75) is 77.7 Å². The minimum Gasteiger partial charge on any atom is -0.465 e. The minimum absolute atomic E-state index is 0.126. The molecule has 2 aliphatic heterocycles. The van der Waals surface area contributed by atoms with Crippen molar-refractivity contribution in [3.05, 3.63) is 17.0 Å². The highest BCUT2D eigenvalue weighted by Gasteiger charge is 2.29. The maximum absolute atomic E-state index is 12.4. The van der Waals surface area contributed by atoms with E-state index in [0.29, 0.717) is 24.3 Å². The van der Waals surface area contributed by atoms with Crippen molar-refractivity contribution in [3.8, 4) is 0 Å². The van der Waals surface area contributed by atoms with Gasteiger partial charge in [0.2, 0.25) is 5.91 Å². The molecule has 2 amide bonds. The molecule has 1 unspecified atom stereocenters. The average Bonchev–Trinajstić information content (AvgIpc) is 3.13. The van der Waals surface area contributed by atoms with Crippen molar-refractivity contribution in [2.24, 2.45) is 0 Å². The predicted molar refractivity (Wildman–Crippen MR) is 115 cm³/mol. The molecule has 0 aliphatic carbocycles. The Morgan fingerprint density at radius 2 is 1.94 bits per heavy atom. The number of aromatic nitrogens is 2. The second-order valence-electron chi connectivity index (χ2n) is 9.22. The van der Waals surface area contributed by atoms with Crippen LogP contribution in [0, 0.1) is 0 Å². The Bertz CT molecular complexity index is 844. The monoisotopic (exact) mass is 450 g/mol. The molecular weight excluding hydrogens is 416 g/mol. The number of esters is 1. The zero-order valence-corrected chi connectivity index (χ0v) is 19.4. The number of carbonyl (C=O) groups excluding carboxylic acids is 3. The lowest BCUT2D eigenvalue weighted by molar-refractivity contribution is -0.129. The second-order valence-corrected chi connectivity index (χ2v) is 9.22.